The van der Waals surface area contributed by atoms with Crippen LogP contribution in [0.15, 0.2) is 42.6 Å². The predicted octanol–water partition coefficient (Wildman–Crippen LogP) is 3.10. The summed E-state index contributed by atoms with van der Waals surface area (Å²) in [5.41, 5.74) is 7.74. The fourth-order valence-corrected chi connectivity index (χ4v) is 2.95. The van der Waals surface area contributed by atoms with E-state index in [9.17, 15) is 0 Å². The van der Waals surface area contributed by atoms with E-state index >= 15 is 0 Å². The van der Waals surface area contributed by atoms with Crippen LogP contribution in [0, 0.1) is 6.92 Å². The minimum atomic E-state index is 0.269. The van der Waals surface area contributed by atoms with Gasteiger partial charge in [0.1, 0.15) is 10.8 Å². The number of nitrogens with one attached hydrogen (secondary N) is 1. The van der Waals surface area contributed by atoms with Gasteiger partial charge in [-0.15, -0.1) is 11.3 Å². The summed E-state index contributed by atoms with van der Waals surface area (Å²) in [7, 11) is 0. The van der Waals surface area contributed by atoms with E-state index in [1.807, 2.05) is 25.1 Å². The number of rotatable bonds is 4. The van der Waals surface area contributed by atoms with Crippen LogP contribution in [0.3, 0.4) is 0 Å². The molecule has 5 nitrogen and oxygen atoms in total. The van der Waals surface area contributed by atoms with Crippen LogP contribution in [0.1, 0.15) is 10.6 Å². The van der Waals surface area contributed by atoms with Crippen LogP contribution in [-0.4, -0.2) is 15.0 Å². The minimum absolute atomic E-state index is 0.269. The van der Waals surface area contributed by atoms with Crippen LogP contribution in [0.25, 0.3) is 10.6 Å². The second-order valence-corrected chi connectivity index (χ2v) is 5.63. The van der Waals surface area contributed by atoms with E-state index in [0.29, 0.717) is 6.54 Å². The van der Waals surface area contributed by atoms with Crippen molar-refractivity contribution in [3.63, 3.8) is 0 Å². The molecular weight excluding hydrogens is 282 g/mol. The first kappa shape index (κ1) is 13.5. The highest BCUT2D eigenvalue weighted by Crippen LogP contribution is 2.28. The van der Waals surface area contributed by atoms with Gasteiger partial charge in [0.15, 0.2) is 0 Å². The number of nitrogen functional groups attached to an aromatic ring is 1. The smallest absolute Gasteiger partial charge is 0.221 e. The lowest BCUT2D eigenvalue weighted by molar-refractivity contribution is 1.08. The highest BCUT2D eigenvalue weighted by atomic mass is 32.1. The number of aryl methyl sites for hydroxylation is 1. The fraction of sp³-hybridized carbons (Fsp3) is 0.133. The second kappa shape index (κ2) is 5.88. The molecule has 6 heteroatoms. The van der Waals surface area contributed by atoms with Crippen molar-refractivity contribution in [3.8, 4) is 10.6 Å². The van der Waals surface area contributed by atoms with Crippen molar-refractivity contribution in [2.75, 3.05) is 11.1 Å². The van der Waals surface area contributed by atoms with Crippen LogP contribution in [0.2, 0.25) is 0 Å². The summed E-state index contributed by atoms with van der Waals surface area (Å²) < 4.78 is 0. The first-order chi connectivity index (χ1) is 10.2. The van der Waals surface area contributed by atoms with E-state index in [1.54, 1.807) is 23.6 Å². The third-order valence-electron chi connectivity index (χ3n) is 3.02. The molecule has 0 atom stereocenters. The van der Waals surface area contributed by atoms with Crippen molar-refractivity contribution >= 4 is 23.1 Å². The topological polar surface area (TPSA) is 76.7 Å². The number of anilines is 2. The summed E-state index contributed by atoms with van der Waals surface area (Å²) in [6, 6.07) is 12.0. The SMILES string of the molecule is Cc1nc(-c2ccccc2)sc1CNc1ccnc(N)n1. The number of hydrogen-bond acceptors (Lipinski definition) is 6. The molecule has 0 fully saturated rings. The summed E-state index contributed by atoms with van der Waals surface area (Å²) in [6.45, 7) is 2.70. The van der Waals surface area contributed by atoms with Gasteiger partial charge in [-0.25, -0.2) is 9.97 Å². The molecule has 0 aliphatic carbocycles. The van der Waals surface area contributed by atoms with Crippen LogP contribution < -0.4 is 11.1 Å². The molecule has 2 aromatic heterocycles. The van der Waals surface area contributed by atoms with Gasteiger partial charge in [0.05, 0.1) is 12.2 Å². The number of thiazole rings is 1. The largest absolute Gasteiger partial charge is 0.368 e. The quantitative estimate of drug-likeness (QED) is 0.774. The maximum Gasteiger partial charge on any atom is 0.221 e. The van der Waals surface area contributed by atoms with Crippen molar-refractivity contribution in [2.24, 2.45) is 0 Å². The van der Waals surface area contributed by atoms with Gasteiger partial charge in [-0.1, -0.05) is 30.3 Å². The van der Waals surface area contributed by atoms with Gasteiger partial charge in [-0.2, -0.15) is 4.98 Å². The van der Waals surface area contributed by atoms with Crippen molar-refractivity contribution in [3.05, 3.63) is 53.2 Å². The molecule has 0 saturated carbocycles. The maximum atomic E-state index is 5.57. The molecule has 0 amide bonds. The van der Waals surface area contributed by atoms with E-state index in [2.05, 4.69) is 32.4 Å². The number of aromatic nitrogens is 3. The average Bonchev–Trinajstić information content (AvgIpc) is 2.87. The second-order valence-electron chi connectivity index (χ2n) is 4.55. The first-order valence-electron chi connectivity index (χ1n) is 6.56. The van der Waals surface area contributed by atoms with E-state index in [4.69, 9.17) is 5.73 Å². The molecule has 3 aromatic rings. The van der Waals surface area contributed by atoms with E-state index in [0.717, 1.165) is 22.1 Å². The van der Waals surface area contributed by atoms with Crippen LogP contribution in [0.4, 0.5) is 11.8 Å². The third kappa shape index (κ3) is 3.17. The Labute approximate surface area is 126 Å². The van der Waals surface area contributed by atoms with Crippen LogP contribution in [-0.2, 0) is 6.54 Å². The van der Waals surface area contributed by atoms with Gasteiger partial charge in [-0.3, -0.25) is 0 Å². The van der Waals surface area contributed by atoms with Gasteiger partial charge in [0, 0.05) is 16.6 Å². The monoisotopic (exact) mass is 297 g/mol. The zero-order valence-electron chi connectivity index (χ0n) is 11.6. The molecule has 0 aliphatic heterocycles. The standard InChI is InChI=1S/C15H15N5S/c1-10-12(9-18-13-7-8-17-15(16)20-13)21-14(19-10)11-5-3-2-4-6-11/h2-8H,9H2,1H3,(H3,16,17,18,20). The molecule has 21 heavy (non-hydrogen) atoms. The fourth-order valence-electron chi connectivity index (χ4n) is 1.94. The van der Waals surface area contributed by atoms with Crippen molar-refractivity contribution in [2.45, 2.75) is 13.5 Å². The third-order valence-corrected chi connectivity index (χ3v) is 4.22. The number of nitrogens with zero attached hydrogens (tertiary/aromatic N) is 3. The summed E-state index contributed by atoms with van der Waals surface area (Å²) >= 11 is 1.69. The lowest BCUT2D eigenvalue weighted by Gasteiger charge is -2.04. The molecule has 0 saturated heterocycles. The molecule has 0 aliphatic rings. The summed E-state index contributed by atoms with van der Waals surface area (Å²) in [6.07, 6.45) is 1.64. The van der Waals surface area contributed by atoms with Gasteiger partial charge < -0.3 is 11.1 Å². The molecule has 2 heterocycles. The number of nitrogens with two attached hydrogens (primary N) is 1. The molecule has 0 spiro atoms. The molecule has 3 rings (SSSR count). The van der Waals surface area contributed by atoms with Crippen molar-refractivity contribution < 1.29 is 0 Å². The van der Waals surface area contributed by atoms with E-state index in [-0.39, 0.29) is 5.95 Å². The van der Waals surface area contributed by atoms with Crippen molar-refractivity contribution in [1.29, 1.82) is 0 Å². The molecule has 3 N–H and O–H groups in total. The number of benzene rings is 1. The Morgan fingerprint density at radius 2 is 1.95 bits per heavy atom. The lowest BCUT2D eigenvalue weighted by Crippen LogP contribution is -2.03. The van der Waals surface area contributed by atoms with Crippen LogP contribution in [0.5, 0.6) is 0 Å². The summed E-state index contributed by atoms with van der Waals surface area (Å²) in [4.78, 5) is 13.8. The zero-order valence-corrected chi connectivity index (χ0v) is 12.4. The number of hydrogen-bond donors (Lipinski definition) is 2. The molecule has 0 radical (unpaired) electrons. The van der Waals surface area contributed by atoms with E-state index < -0.39 is 0 Å². The Hall–Kier alpha value is -2.47. The Bertz CT molecular complexity index is 739. The summed E-state index contributed by atoms with van der Waals surface area (Å²) in [5.74, 6) is 0.988. The molecule has 1 aromatic carbocycles. The van der Waals surface area contributed by atoms with Gasteiger partial charge >= 0.3 is 0 Å². The Balaban J connectivity index is 1.76. The van der Waals surface area contributed by atoms with E-state index in [1.165, 1.54) is 4.88 Å². The normalized spacial score (nSPS) is 10.5. The highest BCUT2D eigenvalue weighted by molar-refractivity contribution is 7.15. The average molecular weight is 297 g/mol. The molecule has 0 bridgehead atoms. The lowest BCUT2D eigenvalue weighted by atomic mass is 10.2. The van der Waals surface area contributed by atoms with Crippen molar-refractivity contribution in [1.82, 2.24) is 15.0 Å². The highest BCUT2D eigenvalue weighted by Gasteiger charge is 2.09. The summed E-state index contributed by atoms with van der Waals surface area (Å²) in [5, 5.41) is 4.28. The van der Waals surface area contributed by atoms with Crippen LogP contribution >= 0.6 is 11.3 Å². The van der Waals surface area contributed by atoms with Gasteiger partial charge in [0.25, 0.3) is 0 Å². The maximum absolute atomic E-state index is 5.57. The predicted molar refractivity (Wildman–Crippen MR) is 86.1 cm³/mol. The molecular formula is C15H15N5S. The van der Waals surface area contributed by atoms with Gasteiger partial charge in [-0.05, 0) is 13.0 Å². The Morgan fingerprint density at radius 1 is 1.14 bits per heavy atom. The Kier molecular flexibility index (Phi) is 3.79. The first-order valence-corrected chi connectivity index (χ1v) is 7.38. The Morgan fingerprint density at radius 3 is 2.71 bits per heavy atom. The minimum Gasteiger partial charge on any atom is -0.368 e. The zero-order chi connectivity index (χ0) is 14.7. The molecule has 106 valence electrons. The molecule has 0 unspecified atom stereocenters. The van der Waals surface area contributed by atoms with Gasteiger partial charge in [0.2, 0.25) is 5.95 Å².